The molecule has 4 rings (SSSR count). The molecule has 3 aromatic rings. The summed E-state index contributed by atoms with van der Waals surface area (Å²) in [6.45, 7) is 0.352. The number of H-pyrrole nitrogens is 1. The lowest BCUT2D eigenvalue weighted by Gasteiger charge is -2.05. The van der Waals surface area contributed by atoms with Crippen molar-refractivity contribution in [2.45, 2.75) is 25.4 Å². The fourth-order valence-electron chi connectivity index (χ4n) is 2.79. The Kier molecular flexibility index (Phi) is 5.24. The number of halogens is 1. The molecule has 2 heterocycles. The largest absolute Gasteiger partial charge is 0.345 e. The van der Waals surface area contributed by atoms with Crippen molar-refractivity contribution in [2.75, 3.05) is 0 Å². The van der Waals surface area contributed by atoms with Crippen LogP contribution in [0, 0.1) is 4.77 Å². The van der Waals surface area contributed by atoms with E-state index in [1.165, 1.54) is 6.08 Å². The first-order valence-electron chi connectivity index (χ1n) is 8.57. The van der Waals surface area contributed by atoms with Crippen molar-refractivity contribution < 1.29 is 4.79 Å². The van der Waals surface area contributed by atoms with Gasteiger partial charge in [-0.1, -0.05) is 23.7 Å². The molecule has 1 saturated carbocycles. The van der Waals surface area contributed by atoms with Gasteiger partial charge in [0.15, 0.2) is 10.6 Å². The molecule has 2 N–H and O–H groups in total. The third kappa shape index (κ3) is 4.37. The first-order valence-corrected chi connectivity index (χ1v) is 10.2. The van der Waals surface area contributed by atoms with Crippen molar-refractivity contribution in [1.82, 2.24) is 20.1 Å². The van der Waals surface area contributed by atoms with Crippen LogP contribution in [0.15, 0.2) is 42.5 Å². The van der Waals surface area contributed by atoms with E-state index in [2.05, 4.69) is 15.5 Å². The number of hydrogen-bond acceptors (Lipinski definition) is 4. The lowest BCUT2D eigenvalue weighted by atomic mass is 10.2. The molecule has 27 heavy (non-hydrogen) atoms. The summed E-state index contributed by atoms with van der Waals surface area (Å²) in [5.41, 5.74) is 1.07. The molecular weight excluding hydrogens is 400 g/mol. The summed E-state index contributed by atoms with van der Waals surface area (Å²) in [6, 6.07) is 12.2. The van der Waals surface area contributed by atoms with Crippen LogP contribution in [0.2, 0.25) is 5.02 Å². The normalized spacial score (nSPS) is 14.0. The van der Waals surface area contributed by atoms with Gasteiger partial charge in [0.05, 0.1) is 6.54 Å². The highest BCUT2D eigenvalue weighted by Gasteiger charge is 2.27. The summed E-state index contributed by atoms with van der Waals surface area (Å²) >= 11 is 12.9. The first-order chi connectivity index (χ1) is 13.1. The molecule has 0 bridgehead atoms. The van der Waals surface area contributed by atoms with Crippen LogP contribution in [0.25, 0.3) is 16.5 Å². The van der Waals surface area contributed by atoms with Crippen LogP contribution in [0.3, 0.4) is 0 Å². The Morgan fingerprint density at radius 3 is 3.04 bits per heavy atom. The van der Waals surface area contributed by atoms with Gasteiger partial charge in [0.2, 0.25) is 5.91 Å². The fraction of sp³-hybridized carbons (Fsp3) is 0.211. The molecule has 138 valence electrons. The summed E-state index contributed by atoms with van der Waals surface area (Å²) in [7, 11) is 0. The van der Waals surface area contributed by atoms with Crippen LogP contribution < -0.4 is 5.32 Å². The molecule has 1 fully saturated rings. The van der Waals surface area contributed by atoms with Crippen LogP contribution in [0.5, 0.6) is 0 Å². The number of nitrogens with one attached hydrogen (secondary N) is 2. The molecule has 1 aliphatic rings. The maximum Gasteiger partial charge on any atom is 0.244 e. The summed E-state index contributed by atoms with van der Waals surface area (Å²) in [6.07, 6.45) is 5.58. The Morgan fingerprint density at radius 1 is 1.41 bits per heavy atom. The predicted molar refractivity (Wildman–Crippen MR) is 111 cm³/mol. The van der Waals surface area contributed by atoms with Crippen molar-refractivity contribution >= 4 is 47.1 Å². The van der Waals surface area contributed by atoms with E-state index in [4.69, 9.17) is 23.8 Å². The Hall–Kier alpha value is -2.22. The van der Waals surface area contributed by atoms with E-state index >= 15 is 0 Å². The van der Waals surface area contributed by atoms with E-state index in [0.29, 0.717) is 22.4 Å². The van der Waals surface area contributed by atoms with Gasteiger partial charge in [-0.05, 0) is 61.0 Å². The molecular formula is C19H17ClN4OS2. The Bertz CT molecular complexity index is 1060. The smallest absolute Gasteiger partial charge is 0.244 e. The number of aromatic nitrogens is 3. The first kappa shape index (κ1) is 18.2. The molecule has 0 unspecified atom stereocenters. The number of hydrogen-bond donors (Lipinski definition) is 2. The van der Waals surface area contributed by atoms with Crippen molar-refractivity contribution in [3.8, 4) is 10.4 Å². The zero-order chi connectivity index (χ0) is 18.8. The average Bonchev–Trinajstić information content (AvgIpc) is 3.25. The van der Waals surface area contributed by atoms with E-state index in [0.717, 1.165) is 34.0 Å². The molecule has 0 atom stereocenters. The van der Waals surface area contributed by atoms with Gasteiger partial charge in [-0.3, -0.25) is 14.5 Å². The van der Waals surface area contributed by atoms with Crippen LogP contribution in [0.1, 0.15) is 29.6 Å². The zero-order valence-corrected chi connectivity index (χ0v) is 16.7. The highest BCUT2D eigenvalue weighted by Crippen LogP contribution is 2.35. The minimum Gasteiger partial charge on any atom is -0.345 e. The Labute approximate surface area is 170 Å². The van der Waals surface area contributed by atoms with Gasteiger partial charge in [-0.15, -0.1) is 11.3 Å². The number of nitrogens with zero attached hydrogens (tertiary/aromatic N) is 2. The van der Waals surface area contributed by atoms with Gasteiger partial charge < -0.3 is 5.32 Å². The quantitative estimate of drug-likeness (QED) is 0.439. The molecule has 5 nitrogen and oxygen atoms in total. The van der Waals surface area contributed by atoms with Gasteiger partial charge in [0.25, 0.3) is 0 Å². The van der Waals surface area contributed by atoms with Crippen molar-refractivity contribution in [1.29, 1.82) is 0 Å². The number of thiophene rings is 1. The van der Waals surface area contributed by atoms with Crippen LogP contribution in [0.4, 0.5) is 0 Å². The minimum atomic E-state index is -0.163. The van der Waals surface area contributed by atoms with Crippen LogP contribution in [-0.2, 0) is 11.3 Å². The highest BCUT2D eigenvalue weighted by atomic mass is 35.5. The molecule has 1 amide bonds. The maximum absolute atomic E-state index is 12.1. The molecule has 0 saturated heterocycles. The van der Waals surface area contributed by atoms with Crippen molar-refractivity contribution in [3.63, 3.8) is 0 Å². The zero-order valence-electron chi connectivity index (χ0n) is 14.3. The standard InChI is InChI=1S/C19H17ClN4OS2/c20-13-3-1-2-12(10-13)16-8-6-15(27-16)7-9-18(25)21-11-17-22-23-19(26)24(17)14-4-5-14/h1-3,6-10,14H,4-5,11H2,(H,21,25)(H,23,26)/b9-7+. The second-order valence-corrected chi connectivity index (χ2v) is 8.25. The Balaban J connectivity index is 1.37. The molecule has 8 heteroatoms. The Morgan fingerprint density at radius 2 is 2.26 bits per heavy atom. The summed E-state index contributed by atoms with van der Waals surface area (Å²) in [4.78, 5) is 14.2. The van der Waals surface area contributed by atoms with Crippen LogP contribution >= 0.6 is 35.2 Å². The maximum atomic E-state index is 12.1. The topological polar surface area (TPSA) is 62.7 Å². The number of aromatic amines is 1. The number of carbonyl (C=O) groups excluding carboxylic acids is 1. The molecule has 1 aliphatic carbocycles. The van der Waals surface area contributed by atoms with Gasteiger partial charge >= 0.3 is 0 Å². The lowest BCUT2D eigenvalue weighted by Crippen LogP contribution is -2.22. The van der Waals surface area contributed by atoms with Crippen molar-refractivity contribution in [2.24, 2.45) is 0 Å². The van der Waals surface area contributed by atoms with E-state index in [1.54, 1.807) is 11.3 Å². The summed E-state index contributed by atoms with van der Waals surface area (Å²) in [5, 5.41) is 10.6. The molecule has 2 aromatic heterocycles. The molecule has 0 radical (unpaired) electrons. The SMILES string of the molecule is O=C(/C=C/c1ccc(-c2cccc(Cl)c2)s1)NCc1n[nH]c(=S)n1C1CC1. The van der Waals surface area contributed by atoms with Crippen LogP contribution in [-0.4, -0.2) is 20.7 Å². The van der Waals surface area contributed by atoms with E-state index < -0.39 is 0 Å². The van der Waals surface area contributed by atoms with E-state index in [1.807, 2.05) is 47.0 Å². The minimum absolute atomic E-state index is 0.163. The predicted octanol–water partition coefficient (Wildman–Crippen LogP) is 4.99. The molecule has 0 aliphatic heterocycles. The second kappa shape index (κ2) is 7.80. The number of rotatable bonds is 6. The monoisotopic (exact) mass is 416 g/mol. The van der Waals surface area contributed by atoms with Crippen molar-refractivity contribution in [3.05, 3.63) is 63.0 Å². The van der Waals surface area contributed by atoms with Gasteiger partial charge in [-0.25, -0.2) is 0 Å². The summed E-state index contributed by atoms with van der Waals surface area (Å²) in [5.74, 6) is 0.604. The summed E-state index contributed by atoms with van der Waals surface area (Å²) < 4.78 is 2.61. The number of amides is 1. The highest BCUT2D eigenvalue weighted by molar-refractivity contribution is 7.71. The second-order valence-electron chi connectivity index (χ2n) is 6.31. The number of benzene rings is 1. The number of carbonyl (C=O) groups is 1. The third-order valence-corrected chi connectivity index (χ3v) is 5.87. The third-order valence-electron chi connectivity index (χ3n) is 4.25. The van der Waals surface area contributed by atoms with Gasteiger partial charge in [0.1, 0.15) is 0 Å². The molecule has 1 aromatic carbocycles. The fourth-order valence-corrected chi connectivity index (χ4v) is 4.19. The van der Waals surface area contributed by atoms with Gasteiger partial charge in [0, 0.05) is 26.9 Å². The van der Waals surface area contributed by atoms with Gasteiger partial charge in [-0.2, -0.15) is 5.10 Å². The van der Waals surface area contributed by atoms with E-state index in [9.17, 15) is 4.79 Å². The lowest BCUT2D eigenvalue weighted by molar-refractivity contribution is -0.116. The molecule has 0 spiro atoms. The average molecular weight is 417 g/mol. The van der Waals surface area contributed by atoms with E-state index in [-0.39, 0.29) is 5.91 Å².